The normalized spacial score (nSPS) is 9.80. The fourth-order valence-electron chi connectivity index (χ4n) is 1.38. The summed E-state index contributed by atoms with van der Waals surface area (Å²) in [5.74, 6) is -0.520. The molecule has 0 atom stereocenters. The van der Waals surface area contributed by atoms with E-state index in [0.717, 1.165) is 4.90 Å². The molecule has 0 fully saturated rings. The van der Waals surface area contributed by atoms with Gasteiger partial charge in [-0.3, -0.25) is 9.59 Å². The zero-order valence-electron chi connectivity index (χ0n) is 8.98. The molecule has 0 aliphatic carbocycles. The summed E-state index contributed by atoms with van der Waals surface area (Å²) in [5, 5.41) is 0. The van der Waals surface area contributed by atoms with Crippen molar-refractivity contribution in [3.8, 4) is 0 Å². The summed E-state index contributed by atoms with van der Waals surface area (Å²) >= 11 is 1.51. The molecule has 0 unspecified atom stereocenters. The fourth-order valence-corrected chi connectivity index (χ4v) is 1.96. The number of benzene rings is 1. The van der Waals surface area contributed by atoms with Crippen LogP contribution in [0.1, 0.15) is 13.8 Å². The molecular weight excluding hydrogens is 210 g/mol. The summed E-state index contributed by atoms with van der Waals surface area (Å²) in [7, 11) is 0. The van der Waals surface area contributed by atoms with Crippen LogP contribution in [0.4, 0.5) is 5.69 Å². The first-order valence-electron chi connectivity index (χ1n) is 4.52. The van der Waals surface area contributed by atoms with Crippen molar-refractivity contribution in [1.82, 2.24) is 0 Å². The monoisotopic (exact) mass is 223 g/mol. The van der Waals surface area contributed by atoms with Crippen molar-refractivity contribution >= 4 is 29.3 Å². The average Bonchev–Trinajstić information content (AvgIpc) is 2.17. The van der Waals surface area contributed by atoms with Gasteiger partial charge in [0, 0.05) is 18.7 Å². The minimum Gasteiger partial charge on any atom is -0.274 e. The highest BCUT2D eigenvalue weighted by Gasteiger charge is 2.18. The van der Waals surface area contributed by atoms with Gasteiger partial charge in [-0.2, -0.15) is 0 Å². The van der Waals surface area contributed by atoms with E-state index in [4.69, 9.17) is 0 Å². The summed E-state index contributed by atoms with van der Waals surface area (Å²) in [5.41, 5.74) is 0.657. The van der Waals surface area contributed by atoms with Crippen LogP contribution in [0.15, 0.2) is 29.2 Å². The molecule has 0 aliphatic heterocycles. The lowest BCUT2D eigenvalue weighted by molar-refractivity contribution is -0.124. The molecule has 1 rings (SSSR count). The van der Waals surface area contributed by atoms with Crippen molar-refractivity contribution in [2.24, 2.45) is 0 Å². The molecule has 0 radical (unpaired) electrons. The van der Waals surface area contributed by atoms with Crippen molar-refractivity contribution in [1.29, 1.82) is 0 Å². The van der Waals surface area contributed by atoms with E-state index in [2.05, 4.69) is 0 Å². The van der Waals surface area contributed by atoms with Crippen molar-refractivity contribution < 1.29 is 9.59 Å². The van der Waals surface area contributed by atoms with Gasteiger partial charge in [-0.1, -0.05) is 12.1 Å². The first-order chi connectivity index (χ1) is 7.07. The van der Waals surface area contributed by atoms with E-state index in [1.807, 2.05) is 24.5 Å². The van der Waals surface area contributed by atoms with Gasteiger partial charge in [0.25, 0.3) is 0 Å². The van der Waals surface area contributed by atoms with Crippen LogP contribution >= 0.6 is 11.8 Å². The van der Waals surface area contributed by atoms with Crippen molar-refractivity contribution in [2.45, 2.75) is 18.7 Å². The standard InChI is InChI=1S/C11H13NO2S/c1-8(13)12(9(2)14)10-6-4-5-7-11(10)15-3/h4-7H,1-3H3. The molecule has 0 bridgehead atoms. The van der Waals surface area contributed by atoms with Crippen LogP contribution in [0.5, 0.6) is 0 Å². The Balaban J connectivity index is 3.22. The van der Waals surface area contributed by atoms with E-state index in [9.17, 15) is 9.59 Å². The van der Waals surface area contributed by atoms with Crippen LogP contribution in [-0.4, -0.2) is 18.1 Å². The van der Waals surface area contributed by atoms with E-state index in [0.29, 0.717) is 5.69 Å². The summed E-state index contributed by atoms with van der Waals surface area (Å²) in [4.78, 5) is 24.8. The molecule has 3 nitrogen and oxygen atoms in total. The third-order valence-corrected chi connectivity index (χ3v) is 2.74. The second-order valence-electron chi connectivity index (χ2n) is 3.05. The van der Waals surface area contributed by atoms with E-state index in [-0.39, 0.29) is 11.8 Å². The van der Waals surface area contributed by atoms with Gasteiger partial charge in [0.1, 0.15) is 0 Å². The van der Waals surface area contributed by atoms with E-state index in [1.165, 1.54) is 30.5 Å². The lowest BCUT2D eigenvalue weighted by Gasteiger charge is -2.19. The quantitative estimate of drug-likeness (QED) is 0.722. The molecule has 80 valence electrons. The molecule has 1 aromatic carbocycles. The summed E-state index contributed by atoms with van der Waals surface area (Å²) in [6.45, 7) is 2.77. The molecule has 15 heavy (non-hydrogen) atoms. The predicted octanol–water partition coefficient (Wildman–Crippen LogP) is 2.31. The summed E-state index contributed by atoms with van der Waals surface area (Å²) in [6.07, 6.45) is 1.91. The molecule has 0 heterocycles. The topological polar surface area (TPSA) is 37.4 Å². The molecule has 1 aromatic rings. The van der Waals surface area contributed by atoms with Gasteiger partial charge >= 0.3 is 0 Å². The average molecular weight is 223 g/mol. The highest BCUT2D eigenvalue weighted by atomic mass is 32.2. The Morgan fingerprint density at radius 2 is 1.67 bits per heavy atom. The molecule has 0 saturated heterocycles. The van der Waals surface area contributed by atoms with Crippen LogP contribution in [-0.2, 0) is 9.59 Å². The second kappa shape index (κ2) is 4.98. The molecule has 0 aliphatic rings. The number of carbonyl (C=O) groups excluding carboxylic acids is 2. The van der Waals surface area contributed by atoms with Crippen LogP contribution in [0.25, 0.3) is 0 Å². The van der Waals surface area contributed by atoms with E-state index in [1.54, 1.807) is 6.07 Å². The van der Waals surface area contributed by atoms with Gasteiger partial charge in [-0.15, -0.1) is 11.8 Å². The highest BCUT2D eigenvalue weighted by Crippen LogP contribution is 2.28. The van der Waals surface area contributed by atoms with Gasteiger partial charge in [0.05, 0.1) is 5.69 Å². The minimum absolute atomic E-state index is 0.260. The predicted molar refractivity (Wildman–Crippen MR) is 62.1 cm³/mol. The van der Waals surface area contributed by atoms with Gasteiger partial charge in [-0.25, -0.2) is 4.90 Å². The Morgan fingerprint density at radius 1 is 1.13 bits per heavy atom. The maximum atomic E-state index is 11.3. The Kier molecular flexibility index (Phi) is 3.91. The lowest BCUT2D eigenvalue weighted by Crippen LogP contribution is -2.33. The number of hydrogen-bond acceptors (Lipinski definition) is 3. The second-order valence-corrected chi connectivity index (χ2v) is 3.89. The van der Waals surface area contributed by atoms with Crippen LogP contribution in [0.2, 0.25) is 0 Å². The van der Waals surface area contributed by atoms with Crippen molar-refractivity contribution in [3.05, 3.63) is 24.3 Å². The number of anilines is 1. The van der Waals surface area contributed by atoms with Crippen LogP contribution in [0.3, 0.4) is 0 Å². The molecule has 0 N–H and O–H groups in total. The van der Waals surface area contributed by atoms with Crippen molar-refractivity contribution in [2.75, 3.05) is 11.2 Å². The van der Waals surface area contributed by atoms with Gasteiger partial charge in [0.2, 0.25) is 11.8 Å². The lowest BCUT2D eigenvalue weighted by atomic mass is 10.3. The van der Waals surface area contributed by atoms with Gasteiger partial charge in [-0.05, 0) is 18.4 Å². The smallest absolute Gasteiger partial charge is 0.230 e. The number of carbonyl (C=O) groups is 2. The molecule has 4 heteroatoms. The Hall–Kier alpha value is -1.29. The number of nitrogens with zero attached hydrogens (tertiary/aromatic N) is 1. The summed E-state index contributed by atoms with van der Waals surface area (Å²) < 4.78 is 0. The SMILES string of the molecule is CSc1ccccc1N(C(C)=O)C(C)=O. The third kappa shape index (κ3) is 2.59. The maximum Gasteiger partial charge on any atom is 0.230 e. The fraction of sp³-hybridized carbons (Fsp3) is 0.273. The maximum absolute atomic E-state index is 11.3. The molecule has 0 aromatic heterocycles. The number of amides is 2. The minimum atomic E-state index is -0.260. The zero-order chi connectivity index (χ0) is 11.4. The van der Waals surface area contributed by atoms with Crippen LogP contribution < -0.4 is 4.90 Å². The molecular formula is C11H13NO2S. The number of imide groups is 1. The van der Waals surface area contributed by atoms with E-state index < -0.39 is 0 Å². The zero-order valence-corrected chi connectivity index (χ0v) is 9.80. The first-order valence-corrected chi connectivity index (χ1v) is 5.74. The molecule has 0 spiro atoms. The molecule has 0 saturated carbocycles. The first kappa shape index (κ1) is 11.8. The Morgan fingerprint density at radius 3 is 2.13 bits per heavy atom. The Labute approximate surface area is 93.5 Å². The van der Waals surface area contributed by atoms with Crippen molar-refractivity contribution in [3.63, 3.8) is 0 Å². The van der Waals surface area contributed by atoms with E-state index >= 15 is 0 Å². The van der Waals surface area contributed by atoms with Gasteiger partial charge in [0.15, 0.2) is 0 Å². The number of rotatable bonds is 2. The van der Waals surface area contributed by atoms with Gasteiger partial charge < -0.3 is 0 Å². The van der Waals surface area contributed by atoms with Crippen LogP contribution in [0, 0.1) is 0 Å². The summed E-state index contributed by atoms with van der Waals surface area (Å²) in [6, 6.07) is 7.36. The number of thioether (sulfide) groups is 1. The Bertz CT molecular complexity index is 376. The largest absolute Gasteiger partial charge is 0.274 e. The molecule has 2 amide bonds. The number of hydrogen-bond donors (Lipinski definition) is 0. The number of para-hydroxylation sites is 1. The highest BCUT2D eigenvalue weighted by molar-refractivity contribution is 7.98. The third-order valence-electron chi connectivity index (χ3n) is 1.96.